The molecule has 0 saturated heterocycles. The molecule has 1 rings (SSSR count). The zero-order valence-electron chi connectivity index (χ0n) is 8.65. The summed E-state index contributed by atoms with van der Waals surface area (Å²) < 4.78 is 5.11. The van der Waals surface area contributed by atoms with Crippen LogP contribution in [0.4, 0.5) is 5.69 Å². The Kier molecular flexibility index (Phi) is 3.74. The zero-order chi connectivity index (χ0) is 11.3. The molecule has 0 heterocycles. The Morgan fingerprint density at radius 3 is 2.87 bits per heavy atom. The standard InChI is InChI=1S/C11H13NO3/c1-8-3-4-10(15-2)9(7-8)12-6-5-11(13)14/h3-7,12H,1-2H3,(H,13,14)/b6-5+. The van der Waals surface area contributed by atoms with Gasteiger partial charge in [-0.2, -0.15) is 0 Å². The number of rotatable bonds is 4. The van der Waals surface area contributed by atoms with Gasteiger partial charge in [0.15, 0.2) is 0 Å². The van der Waals surface area contributed by atoms with E-state index in [0.717, 1.165) is 17.3 Å². The van der Waals surface area contributed by atoms with Crippen LogP contribution < -0.4 is 10.1 Å². The van der Waals surface area contributed by atoms with Crippen LogP contribution in [0.1, 0.15) is 5.56 Å². The molecule has 80 valence electrons. The highest BCUT2D eigenvalue weighted by Crippen LogP contribution is 2.24. The number of benzene rings is 1. The number of hydrogen-bond donors (Lipinski definition) is 2. The van der Waals surface area contributed by atoms with Crippen molar-refractivity contribution < 1.29 is 14.6 Å². The predicted octanol–water partition coefficient (Wildman–Crippen LogP) is 2.01. The van der Waals surface area contributed by atoms with Crippen LogP contribution in [0.3, 0.4) is 0 Å². The SMILES string of the molecule is COc1ccc(C)cc1N/C=C/C(=O)O. The maximum Gasteiger partial charge on any atom is 0.329 e. The Morgan fingerprint density at radius 1 is 1.53 bits per heavy atom. The molecule has 0 aliphatic rings. The van der Waals surface area contributed by atoms with Gasteiger partial charge in [-0.3, -0.25) is 0 Å². The summed E-state index contributed by atoms with van der Waals surface area (Å²) in [5.74, 6) is -0.315. The normalized spacial score (nSPS) is 10.3. The molecule has 0 radical (unpaired) electrons. The maximum absolute atomic E-state index is 10.3. The first-order valence-electron chi connectivity index (χ1n) is 4.44. The van der Waals surface area contributed by atoms with Crippen LogP contribution in [0.2, 0.25) is 0 Å². The summed E-state index contributed by atoms with van der Waals surface area (Å²) in [5, 5.41) is 11.3. The second kappa shape index (κ2) is 5.05. The van der Waals surface area contributed by atoms with Gasteiger partial charge >= 0.3 is 5.97 Å². The average molecular weight is 207 g/mol. The van der Waals surface area contributed by atoms with Gasteiger partial charge in [-0.25, -0.2) is 4.79 Å². The van der Waals surface area contributed by atoms with Crippen LogP contribution in [-0.2, 0) is 4.79 Å². The molecule has 15 heavy (non-hydrogen) atoms. The summed E-state index contributed by atoms with van der Waals surface area (Å²) in [6.45, 7) is 1.95. The highest BCUT2D eigenvalue weighted by molar-refractivity contribution is 5.80. The molecule has 0 aliphatic heterocycles. The van der Waals surface area contributed by atoms with E-state index in [9.17, 15) is 4.79 Å². The molecule has 0 bridgehead atoms. The molecule has 0 aromatic heterocycles. The number of aliphatic carboxylic acids is 1. The number of nitrogens with one attached hydrogen (secondary N) is 1. The fourth-order valence-electron chi connectivity index (χ4n) is 1.14. The molecule has 0 amide bonds. The number of anilines is 1. The molecule has 1 aromatic rings. The predicted molar refractivity (Wildman–Crippen MR) is 58.1 cm³/mol. The highest BCUT2D eigenvalue weighted by atomic mass is 16.5. The molecule has 0 aliphatic carbocycles. The van der Waals surface area contributed by atoms with E-state index < -0.39 is 5.97 Å². The van der Waals surface area contributed by atoms with Crippen LogP contribution in [0.15, 0.2) is 30.5 Å². The molecule has 0 fully saturated rings. The topological polar surface area (TPSA) is 58.6 Å². The van der Waals surface area contributed by atoms with Crippen molar-refractivity contribution in [3.05, 3.63) is 36.0 Å². The number of methoxy groups -OCH3 is 1. The van der Waals surface area contributed by atoms with Gasteiger partial charge in [0.1, 0.15) is 5.75 Å². The summed E-state index contributed by atoms with van der Waals surface area (Å²) in [6, 6.07) is 5.63. The van der Waals surface area contributed by atoms with E-state index in [1.54, 1.807) is 7.11 Å². The molecule has 2 N–H and O–H groups in total. The summed E-state index contributed by atoms with van der Waals surface area (Å²) in [7, 11) is 1.57. The Morgan fingerprint density at radius 2 is 2.27 bits per heavy atom. The molecule has 1 aromatic carbocycles. The van der Waals surface area contributed by atoms with Gasteiger partial charge in [-0.1, -0.05) is 6.07 Å². The first kappa shape index (κ1) is 11.1. The lowest BCUT2D eigenvalue weighted by atomic mass is 10.2. The lowest BCUT2D eigenvalue weighted by Gasteiger charge is -2.08. The Hall–Kier alpha value is -1.97. The number of aryl methyl sites for hydroxylation is 1. The zero-order valence-corrected chi connectivity index (χ0v) is 8.65. The van der Waals surface area contributed by atoms with E-state index in [4.69, 9.17) is 9.84 Å². The van der Waals surface area contributed by atoms with Crippen molar-refractivity contribution in [2.24, 2.45) is 0 Å². The largest absolute Gasteiger partial charge is 0.495 e. The van der Waals surface area contributed by atoms with Gasteiger partial charge in [0.05, 0.1) is 12.8 Å². The molecule has 4 nitrogen and oxygen atoms in total. The minimum Gasteiger partial charge on any atom is -0.495 e. The number of ether oxygens (including phenoxy) is 1. The van der Waals surface area contributed by atoms with E-state index in [2.05, 4.69) is 5.32 Å². The molecule has 0 unspecified atom stereocenters. The van der Waals surface area contributed by atoms with Crippen LogP contribution in [0.5, 0.6) is 5.75 Å². The van der Waals surface area contributed by atoms with E-state index in [1.165, 1.54) is 6.20 Å². The van der Waals surface area contributed by atoms with Gasteiger partial charge in [0, 0.05) is 12.3 Å². The van der Waals surface area contributed by atoms with E-state index >= 15 is 0 Å². The fourth-order valence-corrected chi connectivity index (χ4v) is 1.14. The van der Waals surface area contributed by atoms with E-state index in [1.807, 2.05) is 25.1 Å². The third-order valence-electron chi connectivity index (χ3n) is 1.82. The van der Waals surface area contributed by atoms with Crippen molar-refractivity contribution in [1.29, 1.82) is 0 Å². The first-order chi connectivity index (χ1) is 7.13. The molecule has 4 heteroatoms. The van der Waals surface area contributed by atoms with Gasteiger partial charge < -0.3 is 15.2 Å². The Labute approximate surface area is 88.2 Å². The van der Waals surface area contributed by atoms with Gasteiger partial charge in [0.25, 0.3) is 0 Å². The van der Waals surface area contributed by atoms with E-state index in [-0.39, 0.29) is 0 Å². The monoisotopic (exact) mass is 207 g/mol. The number of carboxylic acids is 1. The second-order valence-electron chi connectivity index (χ2n) is 3.02. The van der Waals surface area contributed by atoms with Crippen molar-refractivity contribution in [1.82, 2.24) is 0 Å². The van der Waals surface area contributed by atoms with Crippen LogP contribution in [-0.4, -0.2) is 18.2 Å². The van der Waals surface area contributed by atoms with Crippen molar-refractivity contribution >= 4 is 11.7 Å². The van der Waals surface area contributed by atoms with Crippen LogP contribution >= 0.6 is 0 Å². The third-order valence-corrected chi connectivity index (χ3v) is 1.82. The summed E-state index contributed by atoms with van der Waals surface area (Å²) in [5.41, 5.74) is 1.82. The van der Waals surface area contributed by atoms with Crippen molar-refractivity contribution in [3.8, 4) is 5.75 Å². The van der Waals surface area contributed by atoms with Crippen LogP contribution in [0.25, 0.3) is 0 Å². The smallest absolute Gasteiger partial charge is 0.329 e. The summed E-state index contributed by atoms with van der Waals surface area (Å²) in [6.07, 6.45) is 2.39. The van der Waals surface area contributed by atoms with Crippen LogP contribution in [0, 0.1) is 6.92 Å². The van der Waals surface area contributed by atoms with Gasteiger partial charge in [-0.15, -0.1) is 0 Å². The first-order valence-corrected chi connectivity index (χ1v) is 4.44. The lowest BCUT2D eigenvalue weighted by molar-refractivity contribution is -0.131. The molecular formula is C11H13NO3. The Bertz CT molecular complexity index is 385. The molecule has 0 saturated carbocycles. The summed E-state index contributed by atoms with van der Waals surface area (Å²) >= 11 is 0. The minimum atomic E-state index is -0.992. The van der Waals surface area contributed by atoms with Crippen molar-refractivity contribution in [3.63, 3.8) is 0 Å². The van der Waals surface area contributed by atoms with Gasteiger partial charge in [0.2, 0.25) is 0 Å². The number of hydrogen-bond acceptors (Lipinski definition) is 3. The number of carbonyl (C=O) groups is 1. The molecular weight excluding hydrogens is 194 g/mol. The Balaban J connectivity index is 2.82. The second-order valence-corrected chi connectivity index (χ2v) is 3.02. The quantitative estimate of drug-likeness (QED) is 0.741. The van der Waals surface area contributed by atoms with Crippen molar-refractivity contribution in [2.45, 2.75) is 6.92 Å². The third kappa shape index (κ3) is 3.34. The molecule has 0 atom stereocenters. The lowest BCUT2D eigenvalue weighted by Crippen LogP contribution is -1.95. The minimum absolute atomic E-state index is 0.677. The highest BCUT2D eigenvalue weighted by Gasteiger charge is 2.00. The average Bonchev–Trinajstić information content (AvgIpc) is 2.17. The number of carboxylic acid groups (broad SMARTS) is 1. The fraction of sp³-hybridized carbons (Fsp3) is 0.182. The van der Waals surface area contributed by atoms with Crippen molar-refractivity contribution in [2.75, 3.05) is 12.4 Å². The van der Waals surface area contributed by atoms with Gasteiger partial charge in [-0.05, 0) is 24.6 Å². The maximum atomic E-state index is 10.3. The molecule has 0 spiro atoms. The van der Waals surface area contributed by atoms with E-state index in [0.29, 0.717) is 5.75 Å². The summed E-state index contributed by atoms with van der Waals surface area (Å²) in [4.78, 5) is 10.3.